The fourth-order valence-corrected chi connectivity index (χ4v) is 2.80. The number of allylic oxidation sites excluding steroid dienone is 2. The van der Waals surface area contributed by atoms with Gasteiger partial charge in [-0.05, 0) is 63.6 Å². The molecule has 0 N–H and O–H groups in total. The van der Waals surface area contributed by atoms with Gasteiger partial charge in [0.1, 0.15) is 0 Å². The Morgan fingerprint density at radius 1 is 1.20 bits per heavy atom. The molecule has 0 spiro atoms. The third-order valence-electron chi connectivity index (χ3n) is 4.86. The van der Waals surface area contributed by atoms with E-state index in [1.807, 2.05) is 18.5 Å². The number of rotatable bonds is 2. The molecule has 3 rings (SSSR count). The molecule has 0 bridgehead atoms. The van der Waals surface area contributed by atoms with Gasteiger partial charge in [-0.15, -0.1) is 0 Å². The molecule has 106 valence electrons. The zero-order valence-corrected chi connectivity index (χ0v) is 12.7. The quantitative estimate of drug-likeness (QED) is 0.771. The normalized spacial score (nSPS) is 27.7. The molecular formula is C16H22BNO2. The Balaban J connectivity index is 1.70. The van der Waals surface area contributed by atoms with Crippen LogP contribution in [0.2, 0.25) is 0 Å². The van der Waals surface area contributed by atoms with Crippen LogP contribution in [0.5, 0.6) is 0 Å². The molecule has 1 aromatic heterocycles. The van der Waals surface area contributed by atoms with E-state index in [9.17, 15) is 0 Å². The van der Waals surface area contributed by atoms with Crippen molar-refractivity contribution in [3.63, 3.8) is 0 Å². The minimum absolute atomic E-state index is 0.193. The Morgan fingerprint density at radius 2 is 1.90 bits per heavy atom. The van der Waals surface area contributed by atoms with Crippen molar-refractivity contribution in [2.45, 2.75) is 57.7 Å². The molecule has 1 unspecified atom stereocenters. The van der Waals surface area contributed by atoms with Gasteiger partial charge in [-0.25, -0.2) is 0 Å². The maximum atomic E-state index is 6.13. The van der Waals surface area contributed by atoms with Gasteiger partial charge in [-0.1, -0.05) is 12.1 Å². The number of pyridine rings is 1. The molecule has 0 amide bonds. The summed E-state index contributed by atoms with van der Waals surface area (Å²) in [5.74, 6) is 0.512. The predicted octanol–water partition coefficient (Wildman–Crippen LogP) is 3.52. The molecule has 1 saturated heterocycles. The molecule has 2 aliphatic rings. The highest BCUT2D eigenvalue weighted by Gasteiger charge is 2.52. The molecule has 0 aromatic carbocycles. The zero-order valence-electron chi connectivity index (χ0n) is 12.7. The first kappa shape index (κ1) is 13.8. The van der Waals surface area contributed by atoms with Gasteiger partial charge >= 0.3 is 7.12 Å². The lowest BCUT2D eigenvalue weighted by Crippen LogP contribution is -2.41. The predicted molar refractivity (Wildman–Crippen MR) is 80.4 cm³/mol. The average Bonchev–Trinajstić information content (AvgIpc) is 2.94. The van der Waals surface area contributed by atoms with E-state index in [1.54, 1.807) is 0 Å². The van der Waals surface area contributed by atoms with Crippen LogP contribution in [0, 0.1) is 0 Å². The van der Waals surface area contributed by atoms with E-state index in [1.165, 1.54) is 11.0 Å². The summed E-state index contributed by atoms with van der Waals surface area (Å²) in [6.45, 7) is 8.39. The summed E-state index contributed by atoms with van der Waals surface area (Å²) >= 11 is 0. The summed E-state index contributed by atoms with van der Waals surface area (Å²) in [6, 6.07) is 4.15. The van der Waals surface area contributed by atoms with E-state index in [-0.39, 0.29) is 18.3 Å². The van der Waals surface area contributed by atoms with Crippen LogP contribution in [-0.2, 0) is 9.31 Å². The highest BCUT2D eigenvalue weighted by molar-refractivity contribution is 6.54. The second-order valence-corrected chi connectivity index (χ2v) is 6.79. The van der Waals surface area contributed by atoms with Crippen LogP contribution >= 0.6 is 0 Å². The van der Waals surface area contributed by atoms with E-state index in [0.717, 1.165) is 12.8 Å². The largest absolute Gasteiger partial charge is 0.490 e. The van der Waals surface area contributed by atoms with Crippen LogP contribution in [0.3, 0.4) is 0 Å². The Morgan fingerprint density at radius 3 is 2.50 bits per heavy atom. The smallest absolute Gasteiger partial charge is 0.400 e. The molecule has 20 heavy (non-hydrogen) atoms. The van der Waals surface area contributed by atoms with Crippen LogP contribution in [0.15, 0.2) is 36.1 Å². The van der Waals surface area contributed by atoms with E-state index in [2.05, 4.69) is 44.8 Å². The summed E-state index contributed by atoms with van der Waals surface area (Å²) in [5, 5.41) is 0. The van der Waals surface area contributed by atoms with E-state index < -0.39 is 0 Å². The summed E-state index contributed by atoms with van der Waals surface area (Å²) < 4.78 is 12.3. The van der Waals surface area contributed by atoms with Gasteiger partial charge in [0.2, 0.25) is 0 Å². The van der Waals surface area contributed by atoms with E-state index in [0.29, 0.717) is 5.92 Å². The summed E-state index contributed by atoms with van der Waals surface area (Å²) in [4.78, 5) is 4.21. The molecule has 1 fully saturated rings. The van der Waals surface area contributed by atoms with Gasteiger partial charge in [-0.2, -0.15) is 0 Å². The van der Waals surface area contributed by atoms with Crippen molar-refractivity contribution in [2.24, 2.45) is 0 Å². The van der Waals surface area contributed by atoms with Crippen molar-refractivity contribution in [3.8, 4) is 0 Å². The monoisotopic (exact) mass is 271 g/mol. The van der Waals surface area contributed by atoms with Crippen molar-refractivity contribution in [3.05, 3.63) is 41.6 Å². The fraction of sp³-hybridized carbons (Fsp3) is 0.562. The Kier molecular flexibility index (Phi) is 3.26. The van der Waals surface area contributed by atoms with Gasteiger partial charge < -0.3 is 9.31 Å². The van der Waals surface area contributed by atoms with Crippen molar-refractivity contribution in [2.75, 3.05) is 0 Å². The highest BCUT2D eigenvalue weighted by Crippen LogP contribution is 2.43. The lowest BCUT2D eigenvalue weighted by molar-refractivity contribution is 0.00578. The van der Waals surface area contributed by atoms with Crippen LogP contribution in [0.25, 0.3) is 0 Å². The molecule has 1 atom stereocenters. The van der Waals surface area contributed by atoms with Gasteiger partial charge in [-0.3, -0.25) is 4.98 Å². The van der Waals surface area contributed by atoms with Crippen LogP contribution in [0.1, 0.15) is 52.0 Å². The third-order valence-corrected chi connectivity index (χ3v) is 4.86. The number of nitrogens with zero attached hydrogens (tertiary/aromatic N) is 1. The summed E-state index contributed by atoms with van der Waals surface area (Å²) in [6.07, 6.45) is 8.11. The number of hydrogen-bond donors (Lipinski definition) is 0. The standard InChI is InChI=1S/C16H22BNO2/c1-15(2)16(3,4)20-17(19-15)14-8-7-12(10-14)13-6-5-9-18-11-13/h5-6,8-9,11-12H,7,10H2,1-4H3. The zero-order chi connectivity index (χ0) is 14.4. The first-order chi connectivity index (χ1) is 9.39. The van der Waals surface area contributed by atoms with Crippen molar-refractivity contribution in [1.82, 2.24) is 4.98 Å². The molecule has 0 radical (unpaired) electrons. The van der Waals surface area contributed by atoms with Crippen LogP contribution < -0.4 is 0 Å². The van der Waals surface area contributed by atoms with Crippen molar-refractivity contribution in [1.29, 1.82) is 0 Å². The Bertz CT molecular complexity index is 509. The molecule has 4 heteroatoms. The Labute approximate surface area is 121 Å². The van der Waals surface area contributed by atoms with Gasteiger partial charge in [0.15, 0.2) is 0 Å². The molecule has 0 saturated carbocycles. The number of hydrogen-bond acceptors (Lipinski definition) is 3. The molecule has 1 aromatic rings. The minimum Gasteiger partial charge on any atom is -0.400 e. The summed E-state index contributed by atoms with van der Waals surface area (Å²) in [7, 11) is -0.193. The van der Waals surface area contributed by atoms with Gasteiger partial charge in [0, 0.05) is 12.4 Å². The lowest BCUT2D eigenvalue weighted by Gasteiger charge is -2.32. The first-order valence-corrected chi connectivity index (χ1v) is 7.33. The molecule has 1 aliphatic heterocycles. The topological polar surface area (TPSA) is 31.4 Å². The van der Waals surface area contributed by atoms with E-state index >= 15 is 0 Å². The maximum Gasteiger partial charge on any atom is 0.490 e. The van der Waals surface area contributed by atoms with Crippen molar-refractivity contribution >= 4 is 7.12 Å². The summed E-state index contributed by atoms with van der Waals surface area (Å²) in [5.41, 5.74) is 2.06. The van der Waals surface area contributed by atoms with Crippen LogP contribution in [0.4, 0.5) is 0 Å². The molecular weight excluding hydrogens is 249 g/mol. The third kappa shape index (κ3) is 2.31. The number of aromatic nitrogens is 1. The minimum atomic E-state index is -0.259. The van der Waals surface area contributed by atoms with Gasteiger partial charge in [0.25, 0.3) is 0 Å². The van der Waals surface area contributed by atoms with Crippen LogP contribution in [-0.4, -0.2) is 23.3 Å². The first-order valence-electron chi connectivity index (χ1n) is 7.33. The second-order valence-electron chi connectivity index (χ2n) is 6.79. The highest BCUT2D eigenvalue weighted by atomic mass is 16.7. The SMILES string of the molecule is CC1(C)OB(C2=CCC(c3cccnc3)C2)OC1(C)C. The average molecular weight is 271 g/mol. The maximum absolute atomic E-state index is 6.13. The van der Waals surface area contributed by atoms with Gasteiger partial charge in [0.05, 0.1) is 11.2 Å². The fourth-order valence-electron chi connectivity index (χ4n) is 2.80. The Hall–Kier alpha value is -1.13. The van der Waals surface area contributed by atoms with E-state index in [4.69, 9.17) is 9.31 Å². The second kappa shape index (κ2) is 4.71. The van der Waals surface area contributed by atoms with Crippen molar-refractivity contribution < 1.29 is 9.31 Å². The molecule has 2 heterocycles. The molecule has 3 nitrogen and oxygen atoms in total. The lowest BCUT2D eigenvalue weighted by atomic mass is 9.76. The molecule has 1 aliphatic carbocycles.